The number of aryl methyl sites for hydroxylation is 1. The summed E-state index contributed by atoms with van der Waals surface area (Å²) in [6.07, 6.45) is 5.44. The van der Waals surface area contributed by atoms with Crippen molar-refractivity contribution in [3.05, 3.63) is 64.5 Å². The number of imidazole rings is 1. The van der Waals surface area contributed by atoms with Crippen LogP contribution in [0.15, 0.2) is 36.0 Å². The van der Waals surface area contributed by atoms with Gasteiger partial charge >= 0.3 is 6.09 Å². The molecule has 2 aromatic heterocycles. The Balaban J connectivity index is 1.75. The summed E-state index contributed by atoms with van der Waals surface area (Å²) in [5, 5.41) is 2.38. The first-order valence-corrected chi connectivity index (χ1v) is 12.3. The van der Waals surface area contributed by atoms with Gasteiger partial charge in [0.25, 0.3) is 5.91 Å². The zero-order valence-electron chi connectivity index (χ0n) is 21.8. The Morgan fingerprint density at radius 3 is 2.46 bits per heavy atom. The number of rotatable bonds is 3. The molecular formula is C28H32F2N4O3. The number of hydrogen-bond donors (Lipinski definition) is 1. The summed E-state index contributed by atoms with van der Waals surface area (Å²) in [7, 11) is 1.40. The van der Waals surface area contributed by atoms with Crippen LogP contribution >= 0.6 is 0 Å². The second-order valence-electron chi connectivity index (χ2n) is 10.3. The number of aromatic nitrogens is 2. The minimum absolute atomic E-state index is 0.105. The molecule has 1 aliphatic heterocycles. The molecule has 9 heteroatoms. The van der Waals surface area contributed by atoms with E-state index in [9.17, 15) is 9.59 Å². The Morgan fingerprint density at radius 2 is 1.81 bits per heavy atom. The molecule has 0 atom stereocenters. The number of amides is 2. The van der Waals surface area contributed by atoms with Crippen LogP contribution in [-0.2, 0) is 4.74 Å². The number of halogens is 2. The first-order chi connectivity index (χ1) is 17.5. The number of fused-ring (bicyclic) bond motifs is 1. The Hall–Kier alpha value is -3.75. The van der Waals surface area contributed by atoms with E-state index >= 15 is 8.78 Å². The quantitative estimate of drug-likeness (QED) is 0.487. The summed E-state index contributed by atoms with van der Waals surface area (Å²) in [5.74, 6) is -2.31. The maximum absolute atomic E-state index is 15.3. The van der Waals surface area contributed by atoms with Crippen LogP contribution in [0.1, 0.15) is 61.6 Å². The number of carbonyl (C=O) groups excluding carboxylic acids is 2. The Kier molecular flexibility index (Phi) is 7.34. The fourth-order valence-corrected chi connectivity index (χ4v) is 4.42. The lowest BCUT2D eigenvalue weighted by atomic mass is 10.0. The fourth-order valence-electron chi connectivity index (χ4n) is 4.42. The van der Waals surface area contributed by atoms with Gasteiger partial charge in [0.1, 0.15) is 28.6 Å². The van der Waals surface area contributed by atoms with E-state index in [2.05, 4.69) is 10.3 Å². The second-order valence-corrected chi connectivity index (χ2v) is 10.3. The molecule has 3 heterocycles. The van der Waals surface area contributed by atoms with Crippen molar-refractivity contribution in [2.45, 2.75) is 52.6 Å². The first kappa shape index (κ1) is 26.3. The van der Waals surface area contributed by atoms with Crippen LogP contribution in [-0.4, -0.2) is 52.0 Å². The molecule has 0 spiro atoms. The van der Waals surface area contributed by atoms with E-state index in [1.54, 1.807) is 9.30 Å². The molecule has 2 amide bonds. The van der Waals surface area contributed by atoms with Gasteiger partial charge in [-0.2, -0.15) is 0 Å². The average Bonchev–Trinajstić information content (AvgIpc) is 2.98. The van der Waals surface area contributed by atoms with Gasteiger partial charge in [0.2, 0.25) is 0 Å². The molecule has 0 radical (unpaired) electrons. The maximum atomic E-state index is 15.3. The van der Waals surface area contributed by atoms with Crippen molar-refractivity contribution < 1.29 is 23.1 Å². The number of hydrogen-bond acceptors (Lipinski definition) is 4. The van der Waals surface area contributed by atoms with E-state index in [1.807, 2.05) is 52.1 Å². The largest absolute Gasteiger partial charge is 0.444 e. The van der Waals surface area contributed by atoms with E-state index in [4.69, 9.17) is 4.74 Å². The third kappa shape index (κ3) is 5.81. The number of pyridine rings is 1. The maximum Gasteiger partial charge on any atom is 0.410 e. The van der Waals surface area contributed by atoms with Crippen molar-refractivity contribution in [2.75, 3.05) is 20.1 Å². The summed E-state index contributed by atoms with van der Waals surface area (Å²) in [6, 6.07) is 5.79. The molecule has 1 aromatic carbocycles. The van der Waals surface area contributed by atoms with Crippen LogP contribution in [0, 0.1) is 18.6 Å². The number of likely N-dealkylation sites (tertiary alicyclic amines) is 1. The predicted molar refractivity (Wildman–Crippen MR) is 138 cm³/mol. The smallest absolute Gasteiger partial charge is 0.410 e. The molecule has 196 valence electrons. The summed E-state index contributed by atoms with van der Waals surface area (Å²) in [5.41, 5.74) is 2.29. The minimum atomic E-state index is -0.865. The number of benzene rings is 1. The SMILES string of the molecule is CNC(=O)c1cc(F)c(-c2nc3cc(C)ccn3c2C=C2CCCN(C(=O)OC(C)(C)C)CC2)c(F)c1. The highest BCUT2D eigenvalue weighted by Crippen LogP contribution is 2.33. The molecule has 0 aliphatic carbocycles. The molecule has 0 unspecified atom stereocenters. The van der Waals surface area contributed by atoms with Crippen LogP contribution < -0.4 is 5.32 Å². The van der Waals surface area contributed by atoms with E-state index in [-0.39, 0.29) is 22.9 Å². The molecule has 3 aromatic rings. The lowest BCUT2D eigenvalue weighted by Gasteiger charge is -2.26. The third-order valence-corrected chi connectivity index (χ3v) is 6.21. The van der Waals surface area contributed by atoms with E-state index in [0.717, 1.165) is 36.1 Å². The Labute approximate surface area is 215 Å². The van der Waals surface area contributed by atoms with E-state index in [0.29, 0.717) is 30.9 Å². The van der Waals surface area contributed by atoms with Gasteiger partial charge in [-0.05, 0) is 82.9 Å². The Morgan fingerprint density at radius 1 is 1.11 bits per heavy atom. The summed E-state index contributed by atoms with van der Waals surface area (Å²) < 4.78 is 37.8. The molecule has 0 bridgehead atoms. The van der Waals surface area contributed by atoms with Gasteiger partial charge in [-0.25, -0.2) is 18.6 Å². The van der Waals surface area contributed by atoms with Crippen LogP contribution in [0.4, 0.5) is 13.6 Å². The van der Waals surface area contributed by atoms with Gasteiger partial charge in [-0.1, -0.05) is 5.57 Å². The van der Waals surface area contributed by atoms with Crippen LogP contribution in [0.25, 0.3) is 23.0 Å². The van der Waals surface area contributed by atoms with Gasteiger partial charge in [-0.15, -0.1) is 0 Å². The van der Waals surface area contributed by atoms with E-state index < -0.39 is 23.1 Å². The zero-order chi connectivity index (χ0) is 26.9. The predicted octanol–water partition coefficient (Wildman–Crippen LogP) is 5.75. The van der Waals surface area contributed by atoms with Crippen molar-refractivity contribution in [2.24, 2.45) is 0 Å². The topological polar surface area (TPSA) is 75.9 Å². The molecule has 37 heavy (non-hydrogen) atoms. The molecular weight excluding hydrogens is 478 g/mol. The highest BCUT2D eigenvalue weighted by atomic mass is 19.1. The average molecular weight is 511 g/mol. The Bertz CT molecular complexity index is 1370. The van der Waals surface area contributed by atoms with Crippen molar-refractivity contribution in [1.82, 2.24) is 19.6 Å². The van der Waals surface area contributed by atoms with Gasteiger partial charge in [0.05, 0.1) is 11.3 Å². The summed E-state index contributed by atoms with van der Waals surface area (Å²) >= 11 is 0. The van der Waals surface area contributed by atoms with Crippen LogP contribution in [0.2, 0.25) is 0 Å². The third-order valence-electron chi connectivity index (χ3n) is 6.21. The summed E-state index contributed by atoms with van der Waals surface area (Å²) in [6.45, 7) is 8.47. The first-order valence-electron chi connectivity index (χ1n) is 12.3. The van der Waals surface area contributed by atoms with Crippen LogP contribution in [0.3, 0.4) is 0 Å². The molecule has 1 aliphatic rings. The highest BCUT2D eigenvalue weighted by molar-refractivity contribution is 5.94. The van der Waals surface area contributed by atoms with Gasteiger partial charge in [0.15, 0.2) is 0 Å². The zero-order valence-corrected chi connectivity index (χ0v) is 21.8. The number of nitrogens with zero attached hydrogens (tertiary/aromatic N) is 3. The second kappa shape index (κ2) is 10.3. The van der Waals surface area contributed by atoms with Gasteiger partial charge in [-0.3, -0.25) is 9.20 Å². The minimum Gasteiger partial charge on any atom is -0.444 e. The normalized spacial score (nSPS) is 15.6. The van der Waals surface area contributed by atoms with Crippen molar-refractivity contribution in [3.8, 4) is 11.3 Å². The van der Waals surface area contributed by atoms with Gasteiger partial charge in [0, 0.05) is 31.9 Å². The molecule has 7 nitrogen and oxygen atoms in total. The van der Waals surface area contributed by atoms with Crippen molar-refractivity contribution in [1.29, 1.82) is 0 Å². The monoisotopic (exact) mass is 510 g/mol. The van der Waals surface area contributed by atoms with E-state index in [1.165, 1.54) is 7.05 Å². The molecule has 4 rings (SSSR count). The molecule has 1 saturated heterocycles. The lowest BCUT2D eigenvalue weighted by Crippen LogP contribution is -2.37. The number of ether oxygens (including phenoxy) is 1. The lowest BCUT2D eigenvalue weighted by molar-refractivity contribution is 0.0258. The summed E-state index contributed by atoms with van der Waals surface area (Å²) in [4.78, 5) is 30.8. The fraction of sp³-hybridized carbons (Fsp3) is 0.393. The molecule has 1 N–H and O–H groups in total. The van der Waals surface area contributed by atoms with Crippen LogP contribution in [0.5, 0.6) is 0 Å². The standard InChI is InChI=1S/C28H32F2N4O3/c1-17-8-12-34-22(14-18-7-6-10-33(11-9-18)27(36)37-28(2,3)4)25(32-23(34)13-17)24-20(29)15-19(16-21(24)30)26(35)31-5/h8,12-16H,6-7,9-11H2,1-5H3,(H,31,35). The van der Waals surface area contributed by atoms with Gasteiger partial charge < -0.3 is 15.0 Å². The molecule has 1 fully saturated rings. The highest BCUT2D eigenvalue weighted by Gasteiger charge is 2.25. The number of nitrogens with one attached hydrogen (secondary N) is 1. The van der Waals surface area contributed by atoms with Crippen molar-refractivity contribution >= 4 is 23.7 Å². The van der Waals surface area contributed by atoms with Crippen molar-refractivity contribution in [3.63, 3.8) is 0 Å². The number of carbonyl (C=O) groups is 2. The molecule has 0 saturated carbocycles.